The molecule has 55 heavy (non-hydrogen) atoms. The van der Waals surface area contributed by atoms with E-state index in [0.29, 0.717) is 17.5 Å². The molecule has 0 spiro atoms. The van der Waals surface area contributed by atoms with E-state index in [1.54, 1.807) is 0 Å². The maximum Gasteiger partial charge on any atom is 0.164 e. The lowest BCUT2D eigenvalue weighted by Crippen LogP contribution is -2.15. The maximum absolute atomic E-state index is 4.98. The van der Waals surface area contributed by atoms with Gasteiger partial charge < -0.3 is 0 Å². The molecule has 0 unspecified atom stereocenters. The fourth-order valence-corrected chi connectivity index (χ4v) is 8.41. The van der Waals surface area contributed by atoms with Crippen molar-refractivity contribution in [3.63, 3.8) is 0 Å². The molecule has 1 heterocycles. The van der Waals surface area contributed by atoms with Crippen LogP contribution in [0.1, 0.15) is 25.0 Å². The average Bonchev–Trinajstić information content (AvgIpc) is 3.50. The van der Waals surface area contributed by atoms with Crippen molar-refractivity contribution in [2.45, 2.75) is 19.3 Å². The van der Waals surface area contributed by atoms with Crippen molar-refractivity contribution in [3.05, 3.63) is 199 Å². The maximum atomic E-state index is 4.98. The molecule has 9 aromatic rings. The van der Waals surface area contributed by atoms with E-state index in [4.69, 9.17) is 15.0 Å². The Morgan fingerprint density at radius 1 is 0.345 bits per heavy atom. The van der Waals surface area contributed by atoms with Crippen LogP contribution in [0, 0.1) is 0 Å². The summed E-state index contributed by atoms with van der Waals surface area (Å²) in [5.41, 5.74) is 15.3. The zero-order valence-corrected chi connectivity index (χ0v) is 30.7. The summed E-state index contributed by atoms with van der Waals surface area (Å²) in [6.07, 6.45) is 0. The number of benzene rings is 8. The van der Waals surface area contributed by atoms with Gasteiger partial charge in [-0.2, -0.15) is 0 Å². The topological polar surface area (TPSA) is 38.7 Å². The molecule has 3 heteroatoms. The highest BCUT2D eigenvalue weighted by Gasteiger charge is 2.38. The number of hydrogen-bond acceptors (Lipinski definition) is 3. The van der Waals surface area contributed by atoms with Gasteiger partial charge in [-0.1, -0.05) is 178 Å². The molecule has 0 atom stereocenters. The van der Waals surface area contributed by atoms with Gasteiger partial charge in [-0.15, -0.1) is 0 Å². The van der Waals surface area contributed by atoms with E-state index in [1.807, 2.05) is 60.7 Å². The molecular formula is C52H37N3. The van der Waals surface area contributed by atoms with Crippen LogP contribution in [-0.4, -0.2) is 15.0 Å². The summed E-state index contributed by atoms with van der Waals surface area (Å²) in [4.78, 5) is 14.8. The van der Waals surface area contributed by atoms with E-state index in [0.717, 1.165) is 27.8 Å². The Hall–Kier alpha value is -6.97. The van der Waals surface area contributed by atoms with Gasteiger partial charge in [0.1, 0.15) is 0 Å². The van der Waals surface area contributed by atoms with Crippen LogP contribution in [-0.2, 0) is 5.41 Å². The first-order chi connectivity index (χ1) is 27.0. The number of fused-ring (bicyclic) bond motifs is 5. The van der Waals surface area contributed by atoms with E-state index in [9.17, 15) is 0 Å². The predicted molar refractivity (Wildman–Crippen MR) is 228 cm³/mol. The molecule has 1 aromatic heterocycles. The van der Waals surface area contributed by atoms with Crippen LogP contribution in [0.25, 0.3) is 89.4 Å². The van der Waals surface area contributed by atoms with Crippen LogP contribution >= 0.6 is 0 Å². The Bertz CT molecular complexity index is 2830. The van der Waals surface area contributed by atoms with Crippen molar-refractivity contribution < 1.29 is 0 Å². The molecule has 1 aliphatic rings. The van der Waals surface area contributed by atoms with Crippen molar-refractivity contribution in [1.29, 1.82) is 0 Å². The van der Waals surface area contributed by atoms with E-state index < -0.39 is 0 Å². The minimum Gasteiger partial charge on any atom is -0.208 e. The van der Waals surface area contributed by atoms with Crippen LogP contribution in [0.5, 0.6) is 0 Å². The highest BCUT2D eigenvalue weighted by atomic mass is 15.0. The first kappa shape index (κ1) is 32.7. The van der Waals surface area contributed by atoms with Gasteiger partial charge in [0.2, 0.25) is 0 Å². The lowest BCUT2D eigenvalue weighted by Gasteiger charge is -2.24. The van der Waals surface area contributed by atoms with Gasteiger partial charge in [-0.05, 0) is 90.7 Å². The highest BCUT2D eigenvalue weighted by molar-refractivity contribution is 6.05. The zero-order chi connectivity index (χ0) is 36.9. The smallest absolute Gasteiger partial charge is 0.164 e. The largest absolute Gasteiger partial charge is 0.208 e. The number of aromatic nitrogens is 3. The molecule has 10 rings (SSSR count). The second-order valence-electron chi connectivity index (χ2n) is 14.8. The minimum absolute atomic E-state index is 0.102. The summed E-state index contributed by atoms with van der Waals surface area (Å²) in [7, 11) is 0. The van der Waals surface area contributed by atoms with Crippen LogP contribution < -0.4 is 0 Å². The third kappa shape index (κ3) is 5.73. The van der Waals surface area contributed by atoms with Gasteiger partial charge in [0.15, 0.2) is 17.5 Å². The Morgan fingerprint density at radius 2 is 0.782 bits per heavy atom. The van der Waals surface area contributed by atoms with Gasteiger partial charge in [0.05, 0.1) is 0 Å². The summed E-state index contributed by atoms with van der Waals surface area (Å²) in [5, 5.41) is 2.60. The van der Waals surface area contributed by atoms with Gasteiger partial charge in [0.25, 0.3) is 0 Å². The first-order valence-corrected chi connectivity index (χ1v) is 18.9. The average molecular weight is 704 g/mol. The summed E-state index contributed by atoms with van der Waals surface area (Å²) in [5.74, 6) is 1.95. The van der Waals surface area contributed by atoms with E-state index in [1.165, 1.54) is 55.3 Å². The molecule has 0 saturated carbocycles. The molecule has 0 radical (unpaired) electrons. The SMILES string of the molecule is CC1(C)c2ccccc2-c2c(-c3cccc(-c4cccc(-c5cccc(-c6nc(-c7ccccc7)nc(-c7ccccc7)n6)c5)c4)c3)cc3ccccc3c21. The molecule has 0 fully saturated rings. The number of nitrogens with zero attached hydrogens (tertiary/aromatic N) is 3. The molecular weight excluding hydrogens is 667 g/mol. The quantitative estimate of drug-likeness (QED) is 0.173. The molecule has 3 nitrogen and oxygen atoms in total. The molecule has 0 aliphatic heterocycles. The lowest BCUT2D eigenvalue weighted by molar-refractivity contribution is 0.666. The summed E-state index contributed by atoms with van der Waals surface area (Å²) in [6, 6.07) is 66.8. The summed E-state index contributed by atoms with van der Waals surface area (Å²) >= 11 is 0. The van der Waals surface area contributed by atoms with Crippen LogP contribution in [0.4, 0.5) is 0 Å². The van der Waals surface area contributed by atoms with E-state index in [-0.39, 0.29) is 5.41 Å². The second kappa shape index (κ2) is 13.2. The molecule has 8 aromatic carbocycles. The van der Waals surface area contributed by atoms with Crippen LogP contribution in [0.15, 0.2) is 188 Å². The summed E-state index contributed by atoms with van der Waals surface area (Å²) < 4.78 is 0. The van der Waals surface area contributed by atoms with Crippen molar-refractivity contribution in [1.82, 2.24) is 15.0 Å². The van der Waals surface area contributed by atoms with Crippen molar-refractivity contribution >= 4 is 10.8 Å². The normalized spacial score (nSPS) is 12.7. The Balaban J connectivity index is 1.05. The second-order valence-corrected chi connectivity index (χ2v) is 14.8. The van der Waals surface area contributed by atoms with Crippen LogP contribution in [0.2, 0.25) is 0 Å². The highest BCUT2D eigenvalue weighted by Crippen LogP contribution is 2.55. The molecule has 1 aliphatic carbocycles. The molecule has 0 saturated heterocycles. The number of hydrogen-bond donors (Lipinski definition) is 0. The minimum atomic E-state index is -0.102. The fraction of sp³-hybridized carbons (Fsp3) is 0.0577. The predicted octanol–water partition coefficient (Wildman–Crippen LogP) is 13.3. The molecule has 260 valence electrons. The zero-order valence-electron chi connectivity index (χ0n) is 30.7. The Morgan fingerprint density at radius 3 is 1.40 bits per heavy atom. The van der Waals surface area contributed by atoms with Crippen LogP contribution in [0.3, 0.4) is 0 Å². The van der Waals surface area contributed by atoms with Gasteiger partial charge in [-0.3, -0.25) is 0 Å². The van der Waals surface area contributed by atoms with Crippen molar-refractivity contribution in [2.24, 2.45) is 0 Å². The summed E-state index contributed by atoms with van der Waals surface area (Å²) in [6.45, 7) is 4.74. The van der Waals surface area contributed by atoms with Crippen molar-refractivity contribution in [3.8, 4) is 78.7 Å². The molecule has 0 amide bonds. The Kier molecular flexibility index (Phi) is 7.81. The standard InChI is InChI=1S/C52H37N3/c1-52(2)46-29-12-11-28-44(46)47-45(33-41-20-9-10-27-43(41)48(47)52)40-25-14-23-38(31-40)36-21-13-22-37(30-36)39-24-15-26-42(32-39)51-54-49(34-16-5-3-6-17-34)53-50(55-51)35-18-7-4-8-19-35/h3-33H,1-2H3. The van der Waals surface area contributed by atoms with Gasteiger partial charge in [0, 0.05) is 22.1 Å². The third-order valence-electron chi connectivity index (χ3n) is 11.1. The van der Waals surface area contributed by atoms with E-state index in [2.05, 4.69) is 141 Å². The molecule has 0 bridgehead atoms. The number of rotatable bonds is 6. The lowest BCUT2D eigenvalue weighted by atomic mass is 9.79. The first-order valence-electron chi connectivity index (χ1n) is 18.9. The Labute approximate surface area is 321 Å². The third-order valence-corrected chi connectivity index (χ3v) is 11.1. The van der Waals surface area contributed by atoms with E-state index >= 15 is 0 Å². The van der Waals surface area contributed by atoms with Crippen molar-refractivity contribution in [2.75, 3.05) is 0 Å². The molecule has 0 N–H and O–H groups in total. The monoisotopic (exact) mass is 703 g/mol. The van der Waals surface area contributed by atoms with Gasteiger partial charge in [-0.25, -0.2) is 15.0 Å². The fourth-order valence-electron chi connectivity index (χ4n) is 8.41. The van der Waals surface area contributed by atoms with Gasteiger partial charge >= 0.3 is 0 Å².